The average molecular weight is 347 g/mol. The molecule has 0 spiro atoms. The van der Waals surface area contributed by atoms with Crippen LogP contribution in [0.2, 0.25) is 5.02 Å². The van der Waals surface area contributed by atoms with Crippen molar-refractivity contribution < 1.29 is 14.7 Å². The normalized spacial score (nSPS) is 11.6. The number of aliphatic hydroxyl groups is 1. The third-order valence-electron chi connectivity index (χ3n) is 3.54. The second-order valence-corrected chi connectivity index (χ2v) is 5.72. The van der Waals surface area contributed by atoms with Gasteiger partial charge in [-0.05, 0) is 41.8 Å². The minimum atomic E-state index is -0.914. The number of amides is 2. The number of nitrogens with one attached hydrogen (secondary N) is 2. The number of aryl methyl sites for hydroxylation is 1. The number of carbonyl (C=O) groups excluding carboxylic acids is 2. The van der Waals surface area contributed by atoms with Crippen LogP contribution < -0.4 is 10.6 Å². The van der Waals surface area contributed by atoms with Crippen molar-refractivity contribution in [2.75, 3.05) is 11.9 Å². The summed E-state index contributed by atoms with van der Waals surface area (Å²) in [4.78, 5) is 23.6. The van der Waals surface area contributed by atoms with Gasteiger partial charge in [0.25, 0.3) is 0 Å². The van der Waals surface area contributed by atoms with Gasteiger partial charge in [0, 0.05) is 17.3 Å². The largest absolute Gasteiger partial charge is 0.387 e. The molecule has 0 saturated carbocycles. The number of halogens is 1. The maximum atomic E-state index is 11.8. The molecule has 0 aliphatic heterocycles. The molecule has 0 fully saturated rings. The maximum Gasteiger partial charge on any atom is 0.313 e. The first-order valence-corrected chi connectivity index (χ1v) is 7.99. The second kappa shape index (κ2) is 8.47. The Morgan fingerprint density at radius 2 is 1.67 bits per heavy atom. The van der Waals surface area contributed by atoms with Crippen molar-refractivity contribution in [3.05, 3.63) is 64.7 Å². The van der Waals surface area contributed by atoms with E-state index in [9.17, 15) is 14.7 Å². The molecule has 0 aliphatic rings. The van der Waals surface area contributed by atoms with Crippen LogP contribution in [0.1, 0.15) is 24.2 Å². The lowest BCUT2D eigenvalue weighted by atomic mass is 10.1. The van der Waals surface area contributed by atoms with Crippen LogP contribution in [0.3, 0.4) is 0 Å². The van der Waals surface area contributed by atoms with Gasteiger partial charge in [-0.25, -0.2) is 0 Å². The van der Waals surface area contributed by atoms with Crippen LogP contribution in [0.15, 0.2) is 48.5 Å². The molecule has 2 rings (SSSR count). The van der Waals surface area contributed by atoms with Gasteiger partial charge in [0.1, 0.15) is 0 Å². The number of hydrogen-bond donors (Lipinski definition) is 3. The summed E-state index contributed by atoms with van der Waals surface area (Å²) in [5.74, 6) is -1.58. The molecular formula is C18H19ClN2O3. The molecule has 3 N–H and O–H groups in total. The first kappa shape index (κ1) is 18.0. The standard InChI is InChI=1S/C18H19ClN2O3/c1-2-12-3-9-15(10-4-12)21-18(24)17(23)20-11-16(22)13-5-7-14(19)8-6-13/h3-10,16,22H,2,11H2,1H3,(H,20,23)(H,21,24). The number of anilines is 1. The van der Waals surface area contributed by atoms with E-state index in [1.54, 1.807) is 36.4 Å². The fourth-order valence-electron chi connectivity index (χ4n) is 2.08. The van der Waals surface area contributed by atoms with E-state index in [1.807, 2.05) is 19.1 Å². The summed E-state index contributed by atoms with van der Waals surface area (Å²) in [6.07, 6.45) is -0.0139. The maximum absolute atomic E-state index is 11.8. The highest BCUT2D eigenvalue weighted by atomic mass is 35.5. The third kappa shape index (κ3) is 5.08. The Balaban J connectivity index is 1.84. The molecule has 1 unspecified atom stereocenters. The molecule has 1 atom stereocenters. The van der Waals surface area contributed by atoms with E-state index in [-0.39, 0.29) is 6.54 Å². The fourth-order valence-corrected chi connectivity index (χ4v) is 2.21. The predicted octanol–water partition coefficient (Wildman–Crippen LogP) is 2.69. The highest BCUT2D eigenvalue weighted by Gasteiger charge is 2.16. The van der Waals surface area contributed by atoms with Gasteiger partial charge in [-0.15, -0.1) is 0 Å². The third-order valence-corrected chi connectivity index (χ3v) is 3.79. The lowest BCUT2D eigenvalue weighted by Gasteiger charge is -2.12. The Morgan fingerprint density at radius 3 is 2.25 bits per heavy atom. The predicted molar refractivity (Wildman–Crippen MR) is 93.9 cm³/mol. The molecule has 0 bridgehead atoms. The number of rotatable bonds is 5. The first-order valence-electron chi connectivity index (χ1n) is 7.61. The minimum absolute atomic E-state index is 0.0668. The Labute approximate surface area is 145 Å². The zero-order chi connectivity index (χ0) is 17.5. The highest BCUT2D eigenvalue weighted by Crippen LogP contribution is 2.15. The van der Waals surface area contributed by atoms with Gasteiger partial charge in [0.2, 0.25) is 0 Å². The van der Waals surface area contributed by atoms with Crippen LogP contribution >= 0.6 is 11.6 Å². The average Bonchev–Trinajstić information content (AvgIpc) is 2.60. The van der Waals surface area contributed by atoms with E-state index in [4.69, 9.17) is 11.6 Å². The molecule has 0 aliphatic carbocycles. The minimum Gasteiger partial charge on any atom is -0.387 e. The van der Waals surface area contributed by atoms with Crippen molar-refractivity contribution >= 4 is 29.1 Å². The Kier molecular flexibility index (Phi) is 6.35. The molecule has 6 heteroatoms. The van der Waals surface area contributed by atoms with E-state index in [0.717, 1.165) is 12.0 Å². The molecule has 5 nitrogen and oxygen atoms in total. The summed E-state index contributed by atoms with van der Waals surface area (Å²) in [6.45, 7) is 1.97. The van der Waals surface area contributed by atoms with Crippen LogP contribution in [0, 0.1) is 0 Å². The van der Waals surface area contributed by atoms with Gasteiger partial charge in [-0.2, -0.15) is 0 Å². The van der Waals surface area contributed by atoms with Gasteiger partial charge in [-0.1, -0.05) is 42.8 Å². The van der Waals surface area contributed by atoms with E-state index in [2.05, 4.69) is 10.6 Å². The van der Waals surface area contributed by atoms with E-state index in [0.29, 0.717) is 16.3 Å². The summed E-state index contributed by atoms with van der Waals surface area (Å²) >= 11 is 5.78. The number of benzene rings is 2. The summed E-state index contributed by atoms with van der Waals surface area (Å²) in [5, 5.41) is 15.5. The smallest absolute Gasteiger partial charge is 0.313 e. The number of hydrogen-bond acceptors (Lipinski definition) is 3. The summed E-state index contributed by atoms with van der Waals surface area (Å²) in [7, 11) is 0. The molecule has 0 radical (unpaired) electrons. The van der Waals surface area contributed by atoms with Crippen molar-refractivity contribution in [1.82, 2.24) is 5.32 Å². The monoisotopic (exact) mass is 346 g/mol. The topological polar surface area (TPSA) is 78.4 Å². The van der Waals surface area contributed by atoms with Crippen molar-refractivity contribution in [1.29, 1.82) is 0 Å². The van der Waals surface area contributed by atoms with Gasteiger partial charge >= 0.3 is 11.8 Å². The van der Waals surface area contributed by atoms with Crippen molar-refractivity contribution in [2.24, 2.45) is 0 Å². The number of aliphatic hydroxyl groups excluding tert-OH is 1. The summed E-state index contributed by atoms with van der Waals surface area (Å²) in [6, 6.07) is 13.9. The highest BCUT2D eigenvalue weighted by molar-refractivity contribution is 6.39. The van der Waals surface area contributed by atoms with E-state index >= 15 is 0 Å². The zero-order valence-electron chi connectivity index (χ0n) is 13.3. The van der Waals surface area contributed by atoms with Crippen molar-refractivity contribution in [3.8, 4) is 0 Å². The molecular weight excluding hydrogens is 328 g/mol. The molecule has 24 heavy (non-hydrogen) atoms. The molecule has 0 aromatic heterocycles. The van der Waals surface area contributed by atoms with Gasteiger partial charge < -0.3 is 15.7 Å². The second-order valence-electron chi connectivity index (χ2n) is 5.28. The first-order chi connectivity index (χ1) is 11.5. The van der Waals surface area contributed by atoms with E-state index < -0.39 is 17.9 Å². The Bertz CT molecular complexity index is 699. The Hall–Kier alpha value is -2.37. The van der Waals surface area contributed by atoms with Crippen LogP contribution in [-0.4, -0.2) is 23.5 Å². The van der Waals surface area contributed by atoms with Gasteiger partial charge in [0.05, 0.1) is 6.10 Å². The summed E-state index contributed by atoms with van der Waals surface area (Å²) in [5.41, 5.74) is 2.30. The lowest BCUT2D eigenvalue weighted by Crippen LogP contribution is -2.37. The van der Waals surface area contributed by atoms with Crippen LogP contribution in [0.5, 0.6) is 0 Å². The molecule has 0 saturated heterocycles. The molecule has 0 heterocycles. The SMILES string of the molecule is CCc1ccc(NC(=O)C(=O)NCC(O)c2ccc(Cl)cc2)cc1. The van der Waals surface area contributed by atoms with Crippen LogP contribution in [0.4, 0.5) is 5.69 Å². The van der Waals surface area contributed by atoms with Gasteiger partial charge in [-0.3, -0.25) is 9.59 Å². The Morgan fingerprint density at radius 1 is 1.04 bits per heavy atom. The lowest BCUT2D eigenvalue weighted by molar-refractivity contribution is -0.136. The van der Waals surface area contributed by atoms with Crippen molar-refractivity contribution in [2.45, 2.75) is 19.4 Å². The number of carbonyl (C=O) groups is 2. The molecule has 2 aromatic carbocycles. The summed E-state index contributed by atoms with van der Waals surface area (Å²) < 4.78 is 0. The molecule has 126 valence electrons. The molecule has 2 amide bonds. The van der Waals surface area contributed by atoms with Crippen molar-refractivity contribution in [3.63, 3.8) is 0 Å². The van der Waals surface area contributed by atoms with Crippen LogP contribution in [-0.2, 0) is 16.0 Å². The van der Waals surface area contributed by atoms with E-state index in [1.165, 1.54) is 0 Å². The quantitative estimate of drug-likeness (QED) is 0.728. The van der Waals surface area contributed by atoms with Gasteiger partial charge in [0.15, 0.2) is 0 Å². The zero-order valence-corrected chi connectivity index (χ0v) is 14.0. The molecule has 2 aromatic rings. The van der Waals surface area contributed by atoms with Crippen LogP contribution in [0.25, 0.3) is 0 Å². The fraction of sp³-hybridized carbons (Fsp3) is 0.222.